The quantitative estimate of drug-likeness (QED) is 0.171. The molecule has 5 aromatic rings. The number of ether oxygens (including phenoxy) is 2. The van der Waals surface area contributed by atoms with Crippen LogP contribution in [-0.2, 0) is 0 Å². The lowest BCUT2D eigenvalue weighted by Gasteiger charge is -2.30. The number of aliphatic hydroxyl groups is 1. The van der Waals surface area contributed by atoms with Crippen molar-refractivity contribution in [1.82, 2.24) is 24.5 Å². The number of aryl methyl sites for hydroxylation is 1. The molecule has 13 heteroatoms. The molecule has 0 spiro atoms. The average Bonchev–Trinajstić information content (AvgIpc) is 3.71. The molecular weight excluding hydrogens is 605 g/mol. The van der Waals surface area contributed by atoms with Crippen LogP contribution >= 0.6 is 34.4 Å². The van der Waals surface area contributed by atoms with Gasteiger partial charge in [-0.05, 0) is 38.2 Å². The van der Waals surface area contributed by atoms with Gasteiger partial charge in [0.1, 0.15) is 38.9 Å². The normalized spacial score (nSPS) is 15.8. The van der Waals surface area contributed by atoms with Crippen LogP contribution in [-0.4, -0.2) is 79.7 Å². The summed E-state index contributed by atoms with van der Waals surface area (Å²) in [6.45, 7) is 7.28. The Morgan fingerprint density at radius 1 is 1.21 bits per heavy atom. The molecule has 1 atom stereocenters. The molecule has 1 aliphatic rings. The fourth-order valence-electron chi connectivity index (χ4n) is 4.86. The summed E-state index contributed by atoms with van der Waals surface area (Å²) >= 11 is 4.52. The minimum atomic E-state index is -0.456. The lowest BCUT2D eigenvalue weighted by molar-refractivity contribution is 0.0474. The Bertz CT molecular complexity index is 1810. The van der Waals surface area contributed by atoms with Gasteiger partial charge in [-0.25, -0.2) is 19.5 Å². The van der Waals surface area contributed by atoms with E-state index in [0.29, 0.717) is 35.8 Å². The van der Waals surface area contributed by atoms with Crippen molar-refractivity contribution in [3.63, 3.8) is 0 Å². The third-order valence-corrected chi connectivity index (χ3v) is 9.60. The summed E-state index contributed by atoms with van der Waals surface area (Å²) in [7, 11) is 1.61. The van der Waals surface area contributed by atoms with Crippen molar-refractivity contribution < 1.29 is 19.4 Å². The van der Waals surface area contributed by atoms with Gasteiger partial charge in [-0.1, -0.05) is 30.0 Å². The lowest BCUT2D eigenvalue weighted by atomic mass is 10.1. The molecule has 0 bridgehead atoms. The van der Waals surface area contributed by atoms with E-state index in [0.717, 1.165) is 54.3 Å². The van der Waals surface area contributed by atoms with Gasteiger partial charge in [-0.2, -0.15) is 5.10 Å². The number of thioether (sulfide) groups is 1. The van der Waals surface area contributed by atoms with E-state index in [1.54, 1.807) is 28.7 Å². The molecule has 1 N–H and O–H groups in total. The number of likely N-dealkylation sites (tertiary alicyclic amines) is 1. The van der Waals surface area contributed by atoms with Crippen molar-refractivity contribution in [2.75, 3.05) is 33.1 Å². The van der Waals surface area contributed by atoms with Crippen molar-refractivity contribution in [3.05, 3.63) is 71.0 Å². The molecule has 1 aliphatic heterocycles. The highest BCUT2D eigenvalue weighted by Crippen LogP contribution is 2.39. The summed E-state index contributed by atoms with van der Waals surface area (Å²) < 4.78 is 14.4. The molecule has 0 saturated carbocycles. The third kappa shape index (κ3) is 6.30. The second-order valence-electron chi connectivity index (χ2n) is 10.1. The van der Waals surface area contributed by atoms with E-state index < -0.39 is 6.10 Å². The van der Waals surface area contributed by atoms with Gasteiger partial charge in [0.25, 0.3) is 5.91 Å². The molecule has 43 heavy (non-hydrogen) atoms. The summed E-state index contributed by atoms with van der Waals surface area (Å²) in [4.78, 5) is 29.6. The number of benzene rings is 2. The van der Waals surface area contributed by atoms with Gasteiger partial charge in [0.2, 0.25) is 4.96 Å². The number of piperidine rings is 1. The maximum atomic E-state index is 12.9. The number of β-amino-alcohol motifs (C(OH)–C–C–N with tert-alkyl or cyclic N) is 1. The van der Waals surface area contributed by atoms with Crippen LogP contribution in [0, 0.1) is 6.92 Å². The highest BCUT2D eigenvalue weighted by Gasteiger charge is 2.23. The fraction of sp³-hybridized carbons (Fsp3) is 0.300. The number of aliphatic imine (C=N–C) groups is 1. The zero-order valence-corrected chi connectivity index (χ0v) is 26.4. The predicted octanol–water partition coefficient (Wildman–Crippen LogP) is 5.68. The highest BCUT2D eigenvalue weighted by atomic mass is 32.2. The first kappa shape index (κ1) is 29.3. The number of rotatable bonds is 8. The van der Waals surface area contributed by atoms with Gasteiger partial charge < -0.3 is 19.5 Å². The number of hydrogen-bond donors (Lipinski definition) is 1. The average molecular weight is 635 g/mol. The Morgan fingerprint density at radius 2 is 2.00 bits per heavy atom. The number of amides is 1. The minimum absolute atomic E-state index is 0.0684. The molecule has 4 heterocycles. The number of hydrogen-bond acceptors (Lipinski definition) is 11. The van der Waals surface area contributed by atoms with Crippen LogP contribution < -0.4 is 9.47 Å². The molecule has 2 aromatic carbocycles. The van der Waals surface area contributed by atoms with E-state index in [9.17, 15) is 9.90 Å². The molecule has 0 unspecified atom stereocenters. The van der Waals surface area contributed by atoms with Crippen LogP contribution in [0.3, 0.4) is 0 Å². The van der Waals surface area contributed by atoms with Gasteiger partial charge in [0.05, 0.1) is 35.3 Å². The maximum Gasteiger partial charge on any atom is 0.253 e. The summed E-state index contributed by atoms with van der Waals surface area (Å²) in [5, 5.41) is 16.9. The molecule has 1 saturated heterocycles. The van der Waals surface area contributed by atoms with Gasteiger partial charge in [-0.15, -0.1) is 23.1 Å². The van der Waals surface area contributed by atoms with Gasteiger partial charge in [0.15, 0.2) is 0 Å². The Morgan fingerprint density at radius 3 is 2.72 bits per heavy atom. The van der Waals surface area contributed by atoms with Crippen LogP contribution in [0.4, 0.5) is 0 Å². The van der Waals surface area contributed by atoms with E-state index in [1.165, 1.54) is 34.4 Å². The number of aromatic nitrogens is 4. The van der Waals surface area contributed by atoms with Crippen LogP contribution in [0.15, 0.2) is 59.9 Å². The molecule has 1 fully saturated rings. The first-order valence-corrected chi connectivity index (χ1v) is 16.5. The molecule has 10 nitrogen and oxygen atoms in total. The number of nitrogens with zero attached hydrogens (tertiary/aromatic N) is 6. The van der Waals surface area contributed by atoms with E-state index in [4.69, 9.17) is 19.5 Å². The minimum Gasteiger partial charge on any atom is -0.497 e. The van der Waals surface area contributed by atoms with E-state index in [2.05, 4.69) is 16.7 Å². The second kappa shape index (κ2) is 12.4. The number of aliphatic hydroxyl groups excluding tert-OH is 1. The zero-order valence-electron chi connectivity index (χ0n) is 23.9. The van der Waals surface area contributed by atoms with E-state index in [1.807, 2.05) is 43.6 Å². The smallest absolute Gasteiger partial charge is 0.253 e. The summed E-state index contributed by atoms with van der Waals surface area (Å²) in [5.41, 5.74) is 3.52. The predicted molar refractivity (Wildman–Crippen MR) is 173 cm³/mol. The Balaban J connectivity index is 1.17. The molecule has 0 radical (unpaired) electrons. The molecule has 0 aliphatic carbocycles. The summed E-state index contributed by atoms with van der Waals surface area (Å²) in [5.74, 6) is 1.19. The maximum absolute atomic E-state index is 12.9. The lowest BCUT2D eigenvalue weighted by Crippen LogP contribution is -2.42. The number of imidazole rings is 1. The molecule has 1 amide bonds. The van der Waals surface area contributed by atoms with Crippen LogP contribution in [0.2, 0.25) is 0 Å². The molecule has 222 valence electrons. The summed E-state index contributed by atoms with van der Waals surface area (Å²) in [6, 6.07) is 11.1. The highest BCUT2D eigenvalue weighted by molar-refractivity contribution is 8.13. The Kier molecular flexibility index (Phi) is 8.48. The first-order valence-electron chi connectivity index (χ1n) is 13.6. The summed E-state index contributed by atoms with van der Waals surface area (Å²) in [6.07, 6.45) is 4.92. The topological polar surface area (TPSA) is 114 Å². The monoisotopic (exact) mass is 634 g/mol. The third-order valence-electron chi connectivity index (χ3n) is 6.94. The molecular formula is C30H30N6O4S3. The second-order valence-corrected chi connectivity index (χ2v) is 13.0. The number of thiazole rings is 1. The number of methoxy groups -OCH3 is 1. The number of carbonyl (C=O) groups excluding carboxylic acids is 1. The first-order chi connectivity index (χ1) is 20.8. The SMILES string of the molecule is C=C(COc1cc(OC)cc2nc(-c3cn4nc(C)sc4n3)sc12)/N=C(\SC)c1ccc(C(=O)N2CCC[C@H](O)C2)cc1. The fourth-order valence-corrected chi connectivity index (χ4v) is 7.14. The Labute approximate surface area is 260 Å². The van der Waals surface area contributed by atoms with Gasteiger partial charge >= 0.3 is 0 Å². The van der Waals surface area contributed by atoms with E-state index >= 15 is 0 Å². The number of carbonyl (C=O) groups is 1. The largest absolute Gasteiger partial charge is 0.497 e. The van der Waals surface area contributed by atoms with Crippen molar-refractivity contribution in [2.45, 2.75) is 25.9 Å². The van der Waals surface area contributed by atoms with Crippen LogP contribution in [0.25, 0.3) is 25.9 Å². The van der Waals surface area contributed by atoms with Gasteiger partial charge in [-0.3, -0.25) is 4.79 Å². The standard InChI is InChI=1S/C30H30N6O4S3/c1-17(31-27(41-4)19-7-9-20(10-8-19)29(38)35-11-5-6-21(37)14-35)16-40-25-13-22(39-3)12-23-26(25)43-28(32-23)24-15-36-30(33-24)42-18(2)34-36/h7-10,12-13,15,21,37H,1,5-6,11,14,16H2,2-4H3/b31-27-/t21-/m0/s1. The molecule has 3 aromatic heterocycles. The zero-order chi connectivity index (χ0) is 30.1. The number of fused-ring (bicyclic) bond motifs is 2. The van der Waals surface area contributed by atoms with Crippen molar-refractivity contribution in [2.24, 2.45) is 4.99 Å². The Hall–Kier alpha value is -3.78. The van der Waals surface area contributed by atoms with Crippen molar-refractivity contribution in [3.8, 4) is 22.2 Å². The molecule has 6 rings (SSSR count). The van der Waals surface area contributed by atoms with Gasteiger partial charge in [0, 0.05) is 36.3 Å². The van der Waals surface area contributed by atoms with Crippen molar-refractivity contribution >= 4 is 60.6 Å². The van der Waals surface area contributed by atoms with E-state index in [-0.39, 0.29) is 12.5 Å². The van der Waals surface area contributed by atoms with Crippen molar-refractivity contribution in [1.29, 1.82) is 0 Å². The van der Waals surface area contributed by atoms with Crippen LogP contribution in [0.5, 0.6) is 11.5 Å². The van der Waals surface area contributed by atoms with Crippen LogP contribution in [0.1, 0.15) is 33.8 Å².